The summed E-state index contributed by atoms with van der Waals surface area (Å²) in [4.78, 5) is 61.0. The molecule has 1 unspecified atom stereocenters. The van der Waals surface area contributed by atoms with Gasteiger partial charge < -0.3 is 35.6 Å². The monoisotopic (exact) mass is 886 g/mol. The number of anilines is 6. The number of H-pyrrole nitrogens is 2. The fraction of sp³-hybridized carbons (Fsp3) is 0.457. The fourth-order valence-corrected chi connectivity index (χ4v) is 8.97. The molecular formula is C46H58N14O5. The van der Waals surface area contributed by atoms with Crippen LogP contribution < -0.4 is 41.6 Å². The van der Waals surface area contributed by atoms with E-state index in [0.29, 0.717) is 39.4 Å². The number of aromatic nitrogens is 8. The highest BCUT2D eigenvalue weighted by Gasteiger charge is 2.58. The molecule has 3 aliphatic heterocycles. The highest BCUT2D eigenvalue weighted by molar-refractivity contribution is 5.91. The van der Waals surface area contributed by atoms with Gasteiger partial charge in [-0.15, -0.1) is 0 Å². The molecule has 10 rings (SSSR count). The quantitative estimate of drug-likeness (QED) is 0.101. The van der Waals surface area contributed by atoms with Crippen LogP contribution in [0, 0.1) is 11.3 Å². The molecule has 6 N–H and O–H groups in total. The maximum Gasteiger partial charge on any atom is 0.318 e. The number of nitrogens with one attached hydrogen (secondary N) is 5. The van der Waals surface area contributed by atoms with Gasteiger partial charge in [0.05, 0.1) is 25.4 Å². The van der Waals surface area contributed by atoms with Gasteiger partial charge >= 0.3 is 12.0 Å². The van der Waals surface area contributed by atoms with Gasteiger partial charge in [-0.2, -0.15) is 25.1 Å². The van der Waals surface area contributed by atoms with E-state index in [0.717, 1.165) is 108 Å². The first-order chi connectivity index (χ1) is 31.7. The zero-order chi connectivity index (χ0) is 45.3. The molecule has 4 aliphatic rings. The third-order valence-electron chi connectivity index (χ3n) is 12.6. The van der Waals surface area contributed by atoms with Gasteiger partial charge in [-0.05, 0) is 79.5 Å². The molecule has 7 heterocycles. The molecule has 0 amide bonds. The van der Waals surface area contributed by atoms with Crippen LogP contribution in [0.1, 0.15) is 64.4 Å². The molecular weight excluding hydrogens is 829 g/mol. The number of carboxylic acids is 1. The van der Waals surface area contributed by atoms with E-state index < -0.39 is 5.97 Å². The molecule has 65 heavy (non-hydrogen) atoms. The third kappa shape index (κ3) is 10.5. The molecule has 4 fully saturated rings. The van der Waals surface area contributed by atoms with Crippen molar-refractivity contribution < 1.29 is 14.6 Å². The van der Waals surface area contributed by atoms with Crippen LogP contribution in [-0.2, 0) is 11.3 Å². The van der Waals surface area contributed by atoms with E-state index in [9.17, 15) is 19.5 Å². The number of carboxylic acid groups (broad SMARTS) is 1. The van der Waals surface area contributed by atoms with Gasteiger partial charge in [0.1, 0.15) is 27.6 Å². The number of carbonyl (C=O) groups is 1. The van der Waals surface area contributed by atoms with E-state index in [1.165, 1.54) is 31.7 Å². The largest absolute Gasteiger partial charge is 0.481 e. The van der Waals surface area contributed by atoms with E-state index >= 15 is 0 Å². The van der Waals surface area contributed by atoms with Gasteiger partial charge in [0.2, 0.25) is 5.95 Å². The van der Waals surface area contributed by atoms with Gasteiger partial charge in [0.15, 0.2) is 5.82 Å². The van der Waals surface area contributed by atoms with Gasteiger partial charge in [-0.25, -0.2) is 15.2 Å². The van der Waals surface area contributed by atoms with Crippen LogP contribution in [0.3, 0.4) is 0 Å². The molecule has 0 bridgehead atoms. The topological polar surface area (TPSA) is 235 Å². The molecule has 342 valence electrons. The summed E-state index contributed by atoms with van der Waals surface area (Å²) in [6, 6.07) is 16.4. The number of nitrogens with zero attached hydrogens (tertiary/aromatic N) is 9. The Balaban J connectivity index is 0.000000178. The number of piperazine rings is 1. The average Bonchev–Trinajstić information content (AvgIpc) is 4.11. The maximum absolute atomic E-state index is 12.6. The SMILES string of the molecule is CC.COc1nc(Nc2ccc(CN3CCNCC3)cc2)c2c(=O)[nH]ncc2n1.O=C(O)C1CC12CCN(c1ccc(Nc3nc(N4CCCCCC4)nc4cn[nH]c(=O)c34)cc1)CC2. The minimum Gasteiger partial charge on any atom is -0.481 e. The summed E-state index contributed by atoms with van der Waals surface area (Å²) >= 11 is 0. The standard InChI is InChI=1S/C26H31N7O3.C18H21N7O2.C2H6/c34-23-21-20(16-27-31-23)29-25(33-11-3-1-2-4-12-33)30-22(21)28-17-5-7-18(8-6-17)32-13-9-26(10-14-32)15-19(26)24(35)36;1-27-18-22-14-10-20-24-17(26)15(14)16(23-18)21-13-4-2-12(3-5-13)11-25-8-6-19-7-9-25;1-2/h5-8,16,19H,1-4,9-15H2,(H,31,34)(H,35,36)(H,28,29,30);2-5,10,19H,6-9,11H2,1H3,(H,24,26)(H,21,22,23);1-2H3. The number of aliphatic carboxylic acids is 1. The minimum atomic E-state index is -0.648. The van der Waals surface area contributed by atoms with Crippen LogP contribution in [0.2, 0.25) is 0 Å². The number of ether oxygens (including phenoxy) is 1. The molecule has 1 atom stereocenters. The Bertz CT molecular complexity index is 2670. The summed E-state index contributed by atoms with van der Waals surface area (Å²) in [5.74, 6) is 0.675. The van der Waals surface area contributed by atoms with Crippen LogP contribution in [-0.4, -0.2) is 116 Å². The number of hydrogen-bond donors (Lipinski definition) is 6. The second-order valence-electron chi connectivity index (χ2n) is 16.7. The summed E-state index contributed by atoms with van der Waals surface area (Å²) in [5, 5.41) is 32.6. The Labute approximate surface area is 376 Å². The number of methoxy groups -OCH3 is 1. The maximum atomic E-state index is 12.6. The molecule has 0 radical (unpaired) electrons. The zero-order valence-corrected chi connectivity index (χ0v) is 37.3. The summed E-state index contributed by atoms with van der Waals surface area (Å²) in [6.07, 6.45) is 10.3. The molecule has 4 aromatic heterocycles. The molecule has 1 saturated carbocycles. The highest BCUT2D eigenvalue weighted by Crippen LogP contribution is 2.59. The number of hydrogen-bond acceptors (Lipinski definition) is 16. The molecule has 19 nitrogen and oxygen atoms in total. The second kappa shape index (κ2) is 20.4. The summed E-state index contributed by atoms with van der Waals surface area (Å²) < 4.78 is 5.13. The number of fused-ring (bicyclic) bond motifs is 2. The van der Waals surface area contributed by atoms with Gasteiger partial charge in [0, 0.05) is 76.0 Å². The van der Waals surface area contributed by atoms with E-state index in [1.54, 1.807) is 6.20 Å². The molecule has 1 aliphatic carbocycles. The smallest absolute Gasteiger partial charge is 0.318 e. The Morgan fingerprint density at radius 1 is 0.738 bits per heavy atom. The molecule has 3 saturated heterocycles. The van der Waals surface area contributed by atoms with Crippen molar-refractivity contribution in [2.45, 2.75) is 65.3 Å². The van der Waals surface area contributed by atoms with Crippen molar-refractivity contribution in [1.29, 1.82) is 0 Å². The Morgan fingerprint density at radius 2 is 1.31 bits per heavy atom. The van der Waals surface area contributed by atoms with Gasteiger partial charge in [-0.1, -0.05) is 38.8 Å². The normalized spacial score (nSPS) is 18.2. The first-order valence-corrected chi connectivity index (χ1v) is 22.7. The van der Waals surface area contributed by atoms with Crippen molar-refractivity contribution in [1.82, 2.24) is 50.5 Å². The lowest BCUT2D eigenvalue weighted by Crippen LogP contribution is -2.42. The zero-order valence-electron chi connectivity index (χ0n) is 37.3. The van der Waals surface area contributed by atoms with E-state index in [-0.39, 0.29) is 28.5 Å². The highest BCUT2D eigenvalue weighted by atomic mass is 16.5. The summed E-state index contributed by atoms with van der Waals surface area (Å²) in [6.45, 7) is 12.7. The number of piperidine rings is 1. The van der Waals surface area contributed by atoms with Crippen molar-refractivity contribution in [3.63, 3.8) is 0 Å². The number of aromatic amines is 2. The van der Waals surface area contributed by atoms with Crippen molar-refractivity contribution in [2.75, 3.05) is 79.9 Å². The van der Waals surface area contributed by atoms with Crippen LogP contribution in [0.4, 0.5) is 34.6 Å². The molecule has 2 aromatic carbocycles. The lowest BCUT2D eigenvalue weighted by Gasteiger charge is -2.34. The van der Waals surface area contributed by atoms with E-state index in [2.05, 4.69) is 90.3 Å². The van der Waals surface area contributed by atoms with Crippen molar-refractivity contribution in [3.8, 4) is 6.01 Å². The minimum absolute atomic E-state index is 0.0187. The Kier molecular flexibility index (Phi) is 14.1. The van der Waals surface area contributed by atoms with Crippen molar-refractivity contribution in [3.05, 3.63) is 87.2 Å². The predicted molar refractivity (Wildman–Crippen MR) is 252 cm³/mol. The first-order valence-electron chi connectivity index (χ1n) is 22.7. The molecule has 6 aromatic rings. The molecule has 1 spiro atoms. The fourth-order valence-electron chi connectivity index (χ4n) is 8.97. The molecule has 19 heteroatoms. The Hall–Kier alpha value is -6.73. The second-order valence-corrected chi connectivity index (χ2v) is 16.7. The number of rotatable bonds is 10. The lowest BCUT2D eigenvalue weighted by atomic mass is 9.90. The number of benzene rings is 2. The van der Waals surface area contributed by atoms with E-state index in [4.69, 9.17) is 9.72 Å². The van der Waals surface area contributed by atoms with E-state index in [1.807, 2.05) is 38.1 Å². The summed E-state index contributed by atoms with van der Waals surface area (Å²) in [5.41, 5.74) is 4.31. The summed E-state index contributed by atoms with van der Waals surface area (Å²) in [7, 11) is 1.48. The van der Waals surface area contributed by atoms with Gasteiger partial charge in [-0.3, -0.25) is 19.3 Å². The Morgan fingerprint density at radius 3 is 1.88 bits per heavy atom. The first kappa shape index (κ1) is 44.9. The predicted octanol–water partition coefficient (Wildman–Crippen LogP) is 5.42. The average molecular weight is 887 g/mol. The van der Waals surface area contributed by atoms with Crippen LogP contribution in [0.25, 0.3) is 21.8 Å². The van der Waals surface area contributed by atoms with Crippen LogP contribution in [0.15, 0.2) is 70.5 Å². The lowest BCUT2D eigenvalue weighted by molar-refractivity contribution is -0.139. The van der Waals surface area contributed by atoms with Crippen LogP contribution in [0.5, 0.6) is 6.01 Å². The van der Waals surface area contributed by atoms with Crippen molar-refractivity contribution in [2.24, 2.45) is 11.3 Å². The van der Waals surface area contributed by atoms with Gasteiger partial charge in [0.25, 0.3) is 11.1 Å². The van der Waals surface area contributed by atoms with Crippen LogP contribution >= 0.6 is 0 Å². The third-order valence-corrected chi connectivity index (χ3v) is 12.6. The van der Waals surface area contributed by atoms with Crippen molar-refractivity contribution >= 4 is 62.4 Å².